The zero-order valence-corrected chi connectivity index (χ0v) is 16.7. The largest absolute Gasteiger partial charge is 0.475 e. The second-order valence-electron chi connectivity index (χ2n) is 6.46. The number of aromatic nitrogens is 2. The molecule has 142 valence electrons. The lowest BCUT2D eigenvalue weighted by atomic mass is 10.2. The molecule has 0 spiro atoms. The molecule has 2 aromatic heterocycles. The van der Waals surface area contributed by atoms with Gasteiger partial charge in [-0.05, 0) is 18.4 Å². The van der Waals surface area contributed by atoms with Gasteiger partial charge in [-0.15, -0.1) is 11.3 Å². The van der Waals surface area contributed by atoms with Crippen LogP contribution in [-0.4, -0.2) is 55.1 Å². The van der Waals surface area contributed by atoms with Crippen LogP contribution in [0.4, 0.5) is 0 Å². The highest BCUT2D eigenvalue weighted by Gasteiger charge is 2.31. The third-order valence-corrected chi connectivity index (χ3v) is 7.21. The minimum Gasteiger partial charge on any atom is -0.475 e. The number of hydrogen-bond donors (Lipinski definition) is 0. The van der Waals surface area contributed by atoms with Gasteiger partial charge in [-0.2, -0.15) is 9.29 Å². The number of morpholine rings is 1. The Kier molecular flexibility index (Phi) is 5.91. The summed E-state index contributed by atoms with van der Waals surface area (Å²) in [5.74, 6) is 1.42. The first-order valence-electron chi connectivity index (χ1n) is 8.50. The normalized spacial score (nSPS) is 19.0. The molecule has 1 aliphatic heterocycles. The second-order valence-corrected chi connectivity index (χ2v) is 9.57. The van der Waals surface area contributed by atoms with Crippen molar-refractivity contribution in [2.75, 3.05) is 26.3 Å². The maximum Gasteiger partial charge on any atom is 0.252 e. The van der Waals surface area contributed by atoms with Crippen LogP contribution in [0.25, 0.3) is 0 Å². The van der Waals surface area contributed by atoms with Gasteiger partial charge in [0.2, 0.25) is 5.88 Å². The predicted octanol–water partition coefficient (Wildman–Crippen LogP) is 2.44. The van der Waals surface area contributed by atoms with Crippen molar-refractivity contribution in [2.45, 2.75) is 37.0 Å². The van der Waals surface area contributed by atoms with E-state index in [0.29, 0.717) is 23.2 Å². The topological polar surface area (TPSA) is 81.6 Å². The zero-order valence-electron chi connectivity index (χ0n) is 15.1. The summed E-state index contributed by atoms with van der Waals surface area (Å²) in [6.45, 7) is 7.14. The highest BCUT2D eigenvalue weighted by molar-refractivity contribution is 7.91. The fourth-order valence-electron chi connectivity index (χ4n) is 2.62. The number of aryl methyl sites for hydroxylation is 1. The molecule has 0 saturated carbocycles. The Morgan fingerprint density at radius 1 is 1.42 bits per heavy atom. The van der Waals surface area contributed by atoms with Gasteiger partial charge in [0, 0.05) is 30.8 Å². The summed E-state index contributed by atoms with van der Waals surface area (Å²) in [7, 11) is -3.47. The van der Waals surface area contributed by atoms with Crippen LogP contribution < -0.4 is 4.74 Å². The summed E-state index contributed by atoms with van der Waals surface area (Å²) in [5.41, 5.74) is 0.838. The summed E-state index contributed by atoms with van der Waals surface area (Å²) in [5, 5.41) is 1.76. The molecule has 3 heterocycles. The Bertz CT molecular complexity index is 838. The average Bonchev–Trinajstić information content (AvgIpc) is 3.15. The van der Waals surface area contributed by atoms with Gasteiger partial charge in [0.1, 0.15) is 22.7 Å². The molecule has 1 saturated heterocycles. The highest BCUT2D eigenvalue weighted by Crippen LogP contribution is 2.23. The third kappa shape index (κ3) is 4.40. The van der Waals surface area contributed by atoms with E-state index in [0.717, 1.165) is 11.5 Å². The molecule has 3 rings (SSSR count). The minimum absolute atomic E-state index is 0.203. The van der Waals surface area contributed by atoms with Crippen LogP contribution in [-0.2, 0) is 14.8 Å². The van der Waals surface area contributed by atoms with Crippen molar-refractivity contribution >= 4 is 21.4 Å². The Morgan fingerprint density at radius 2 is 2.23 bits per heavy atom. The fraction of sp³-hybridized carbons (Fsp3) is 0.529. The molecule has 7 nitrogen and oxygen atoms in total. The Hall–Kier alpha value is -1.55. The highest BCUT2D eigenvalue weighted by atomic mass is 32.2. The SMILES string of the molecule is Cc1cc(OCC2CN(S(=O)(=O)c3cccs3)CCO2)nc(C(C)C)n1. The first-order chi connectivity index (χ1) is 12.4. The molecular formula is C17H23N3O4S2. The fourth-order valence-corrected chi connectivity index (χ4v) is 5.22. The summed E-state index contributed by atoms with van der Waals surface area (Å²) in [4.78, 5) is 8.80. The molecule has 0 N–H and O–H groups in total. The van der Waals surface area contributed by atoms with Gasteiger partial charge in [0.15, 0.2) is 0 Å². The van der Waals surface area contributed by atoms with Crippen molar-refractivity contribution in [1.29, 1.82) is 0 Å². The molecule has 0 amide bonds. The van der Waals surface area contributed by atoms with Gasteiger partial charge in [-0.3, -0.25) is 0 Å². The van der Waals surface area contributed by atoms with Crippen molar-refractivity contribution in [3.8, 4) is 5.88 Å². The summed E-state index contributed by atoms with van der Waals surface area (Å²) < 4.78 is 38.6. The molecule has 2 aromatic rings. The summed E-state index contributed by atoms with van der Waals surface area (Å²) in [6.07, 6.45) is -0.337. The van der Waals surface area contributed by atoms with Gasteiger partial charge >= 0.3 is 0 Å². The minimum atomic E-state index is -3.47. The van der Waals surface area contributed by atoms with Crippen molar-refractivity contribution in [3.63, 3.8) is 0 Å². The molecule has 1 unspecified atom stereocenters. The molecule has 26 heavy (non-hydrogen) atoms. The molecular weight excluding hydrogens is 374 g/mol. The number of ether oxygens (including phenoxy) is 2. The summed E-state index contributed by atoms with van der Waals surface area (Å²) in [6, 6.07) is 5.13. The second kappa shape index (κ2) is 7.99. The first-order valence-corrected chi connectivity index (χ1v) is 10.8. The van der Waals surface area contributed by atoms with E-state index in [-0.39, 0.29) is 25.2 Å². The predicted molar refractivity (Wildman–Crippen MR) is 99.2 cm³/mol. The van der Waals surface area contributed by atoms with Crippen molar-refractivity contribution in [2.24, 2.45) is 0 Å². The third-order valence-electron chi connectivity index (χ3n) is 3.97. The lowest BCUT2D eigenvalue weighted by molar-refractivity contribution is -0.0257. The molecule has 0 aliphatic carbocycles. The molecule has 0 aromatic carbocycles. The van der Waals surface area contributed by atoms with Crippen molar-refractivity contribution < 1.29 is 17.9 Å². The van der Waals surface area contributed by atoms with Crippen LogP contribution in [0, 0.1) is 6.92 Å². The smallest absolute Gasteiger partial charge is 0.252 e. The molecule has 0 radical (unpaired) electrons. The standard InChI is InChI=1S/C17H23N3O4S2/c1-12(2)17-18-13(3)9-15(19-17)24-11-14-10-20(6-7-23-14)26(21,22)16-5-4-8-25-16/h4-5,8-9,12,14H,6-7,10-11H2,1-3H3. The van der Waals surface area contributed by atoms with Crippen LogP contribution in [0.1, 0.15) is 31.3 Å². The average molecular weight is 398 g/mol. The van der Waals surface area contributed by atoms with E-state index in [4.69, 9.17) is 9.47 Å². The van der Waals surface area contributed by atoms with E-state index >= 15 is 0 Å². The van der Waals surface area contributed by atoms with Crippen LogP contribution >= 0.6 is 11.3 Å². The lowest BCUT2D eigenvalue weighted by Gasteiger charge is -2.31. The molecule has 0 bridgehead atoms. The number of hydrogen-bond acceptors (Lipinski definition) is 7. The lowest BCUT2D eigenvalue weighted by Crippen LogP contribution is -2.47. The van der Waals surface area contributed by atoms with Gasteiger partial charge in [0.25, 0.3) is 10.0 Å². The van der Waals surface area contributed by atoms with Crippen LogP contribution in [0.5, 0.6) is 5.88 Å². The first kappa shape index (κ1) is 19.2. The maximum absolute atomic E-state index is 12.7. The monoisotopic (exact) mass is 397 g/mol. The van der Waals surface area contributed by atoms with Crippen LogP contribution in [0.15, 0.2) is 27.8 Å². The van der Waals surface area contributed by atoms with Crippen molar-refractivity contribution in [1.82, 2.24) is 14.3 Å². The van der Waals surface area contributed by atoms with Gasteiger partial charge in [-0.25, -0.2) is 13.4 Å². The number of nitrogens with zero attached hydrogens (tertiary/aromatic N) is 3. The van der Waals surface area contributed by atoms with E-state index in [9.17, 15) is 8.42 Å². The van der Waals surface area contributed by atoms with E-state index in [1.165, 1.54) is 15.6 Å². The van der Waals surface area contributed by atoms with E-state index in [1.807, 2.05) is 20.8 Å². The Labute approximate surface area is 158 Å². The quantitative estimate of drug-likeness (QED) is 0.745. The van der Waals surface area contributed by atoms with Gasteiger partial charge < -0.3 is 9.47 Å². The van der Waals surface area contributed by atoms with E-state index < -0.39 is 10.0 Å². The van der Waals surface area contributed by atoms with Crippen molar-refractivity contribution in [3.05, 3.63) is 35.1 Å². The molecule has 1 aliphatic rings. The number of thiophene rings is 1. The maximum atomic E-state index is 12.7. The zero-order chi connectivity index (χ0) is 18.7. The van der Waals surface area contributed by atoms with Gasteiger partial charge in [0.05, 0.1) is 6.61 Å². The van der Waals surface area contributed by atoms with E-state index in [2.05, 4.69) is 9.97 Å². The van der Waals surface area contributed by atoms with E-state index in [1.54, 1.807) is 23.6 Å². The van der Waals surface area contributed by atoms with Gasteiger partial charge in [-0.1, -0.05) is 19.9 Å². The molecule has 1 atom stereocenters. The van der Waals surface area contributed by atoms with Crippen LogP contribution in [0.2, 0.25) is 0 Å². The molecule has 9 heteroatoms. The number of rotatable bonds is 6. The molecule has 1 fully saturated rings. The van der Waals surface area contributed by atoms with Crippen LogP contribution in [0.3, 0.4) is 0 Å². The summed E-state index contributed by atoms with van der Waals surface area (Å²) >= 11 is 1.22. The number of sulfonamides is 1. The Balaban J connectivity index is 1.64. The Morgan fingerprint density at radius 3 is 2.92 bits per heavy atom.